The molecule has 3 atom stereocenters. The Kier molecular flexibility index (Phi) is 3.72. The van der Waals surface area contributed by atoms with Crippen molar-refractivity contribution in [3.8, 4) is 0 Å². The Balaban J connectivity index is 2.57. The molecule has 0 saturated heterocycles. The highest BCUT2D eigenvalue weighted by molar-refractivity contribution is 5.73. The van der Waals surface area contributed by atoms with Crippen molar-refractivity contribution in [2.24, 2.45) is 11.8 Å². The van der Waals surface area contributed by atoms with E-state index in [4.69, 9.17) is 4.74 Å². The predicted molar refractivity (Wildman–Crippen MR) is 49.1 cm³/mol. The number of hydrogen-bond acceptors (Lipinski definition) is 3. The average molecular weight is 186 g/mol. The topological polar surface area (TPSA) is 46.5 Å². The third kappa shape index (κ3) is 2.44. The fraction of sp³-hybridized carbons (Fsp3) is 0.900. The van der Waals surface area contributed by atoms with Crippen LogP contribution in [0.5, 0.6) is 0 Å². The first-order chi connectivity index (χ1) is 6.16. The zero-order chi connectivity index (χ0) is 9.84. The Labute approximate surface area is 79.1 Å². The van der Waals surface area contributed by atoms with E-state index in [2.05, 4.69) is 0 Å². The van der Waals surface area contributed by atoms with E-state index in [1.165, 1.54) is 0 Å². The quantitative estimate of drug-likeness (QED) is 0.662. The number of rotatable bonds is 2. The maximum absolute atomic E-state index is 11.4. The first kappa shape index (κ1) is 10.5. The Morgan fingerprint density at radius 3 is 2.77 bits per heavy atom. The van der Waals surface area contributed by atoms with E-state index < -0.39 is 6.10 Å². The van der Waals surface area contributed by atoms with E-state index in [1.807, 2.05) is 6.92 Å². The standard InChI is InChI=1S/C10H18O3/c1-3-13-10(12)9-7(2)5-4-6-8(9)11/h7-9,11H,3-6H2,1-2H3/t7-,8+,9-/m1/s1. The molecule has 0 aromatic carbocycles. The molecule has 1 aliphatic carbocycles. The zero-order valence-electron chi connectivity index (χ0n) is 8.32. The number of aliphatic hydroxyl groups is 1. The second-order valence-electron chi connectivity index (χ2n) is 3.75. The van der Waals surface area contributed by atoms with Gasteiger partial charge in [0.1, 0.15) is 0 Å². The molecule has 1 fully saturated rings. The van der Waals surface area contributed by atoms with E-state index in [9.17, 15) is 9.90 Å². The predicted octanol–water partition coefficient (Wildman–Crippen LogP) is 1.35. The first-order valence-electron chi connectivity index (χ1n) is 5.01. The van der Waals surface area contributed by atoms with E-state index in [0.717, 1.165) is 19.3 Å². The third-order valence-electron chi connectivity index (χ3n) is 2.75. The van der Waals surface area contributed by atoms with E-state index in [-0.39, 0.29) is 17.8 Å². The number of carbonyl (C=O) groups is 1. The number of hydrogen-bond donors (Lipinski definition) is 1. The Bertz CT molecular complexity index is 169. The second-order valence-corrected chi connectivity index (χ2v) is 3.75. The van der Waals surface area contributed by atoms with Crippen LogP contribution >= 0.6 is 0 Å². The van der Waals surface area contributed by atoms with Crippen molar-refractivity contribution in [1.29, 1.82) is 0 Å². The maximum atomic E-state index is 11.4. The molecule has 0 radical (unpaired) electrons. The summed E-state index contributed by atoms with van der Waals surface area (Å²) in [5, 5.41) is 9.64. The minimum atomic E-state index is -0.497. The van der Waals surface area contributed by atoms with Gasteiger partial charge in [0.2, 0.25) is 0 Å². The van der Waals surface area contributed by atoms with E-state index in [0.29, 0.717) is 6.61 Å². The number of ether oxygens (including phenoxy) is 1. The molecule has 1 rings (SSSR count). The molecule has 1 N–H and O–H groups in total. The van der Waals surface area contributed by atoms with Crippen molar-refractivity contribution in [2.75, 3.05) is 6.61 Å². The van der Waals surface area contributed by atoms with Crippen LogP contribution in [0.4, 0.5) is 0 Å². The molecule has 0 bridgehead atoms. The SMILES string of the molecule is CCOC(=O)[C@@H]1[C@H](C)CCC[C@@H]1O. The lowest BCUT2D eigenvalue weighted by Gasteiger charge is -2.31. The van der Waals surface area contributed by atoms with E-state index >= 15 is 0 Å². The minimum absolute atomic E-state index is 0.234. The lowest BCUT2D eigenvalue weighted by Crippen LogP contribution is -2.38. The summed E-state index contributed by atoms with van der Waals surface area (Å²) in [6.45, 7) is 4.19. The normalized spacial score (nSPS) is 34.2. The molecular formula is C10H18O3. The van der Waals surface area contributed by atoms with Gasteiger partial charge in [-0.05, 0) is 25.7 Å². The van der Waals surface area contributed by atoms with E-state index in [1.54, 1.807) is 6.92 Å². The van der Waals surface area contributed by atoms with Crippen molar-refractivity contribution in [3.63, 3.8) is 0 Å². The highest BCUT2D eigenvalue weighted by Gasteiger charge is 2.35. The maximum Gasteiger partial charge on any atom is 0.311 e. The van der Waals surface area contributed by atoms with Crippen LogP contribution in [0.2, 0.25) is 0 Å². The highest BCUT2D eigenvalue weighted by Crippen LogP contribution is 2.30. The van der Waals surface area contributed by atoms with Crippen LogP contribution < -0.4 is 0 Å². The fourth-order valence-corrected chi connectivity index (χ4v) is 2.02. The van der Waals surface area contributed by atoms with Crippen LogP contribution in [0.15, 0.2) is 0 Å². The number of esters is 1. The molecule has 0 unspecified atom stereocenters. The summed E-state index contributed by atoms with van der Waals surface area (Å²) in [6.07, 6.45) is 2.26. The molecule has 1 saturated carbocycles. The Hall–Kier alpha value is -0.570. The van der Waals surface area contributed by atoms with Gasteiger partial charge in [0.05, 0.1) is 18.6 Å². The summed E-state index contributed by atoms with van der Waals surface area (Å²) in [6, 6.07) is 0. The molecule has 0 spiro atoms. The summed E-state index contributed by atoms with van der Waals surface area (Å²) in [7, 11) is 0. The number of aliphatic hydroxyl groups excluding tert-OH is 1. The van der Waals surface area contributed by atoms with Gasteiger partial charge in [-0.1, -0.05) is 13.3 Å². The second kappa shape index (κ2) is 4.61. The molecule has 0 heterocycles. The Morgan fingerprint density at radius 1 is 1.54 bits per heavy atom. The smallest absolute Gasteiger partial charge is 0.311 e. The molecule has 0 aliphatic heterocycles. The van der Waals surface area contributed by atoms with Crippen LogP contribution in [0.3, 0.4) is 0 Å². The molecule has 76 valence electrons. The van der Waals surface area contributed by atoms with Gasteiger partial charge < -0.3 is 9.84 Å². The van der Waals surface area contributed by atoms with Crippen molar-refractivity contribution in [2.45, 2.75) is 39.2 Å². The lowest BCUT2D eigenvalue weighted by atomic mass is 9.78. The summed E-state index contributed by atoms with van der Waals surface area (Å²) < 4.78 is 4.92. The van der Waals surface area contributed by atoms with Gasteiger partial charge >= 0.3 is 5.97 Å². The van der Waals surface area contributed by atoms with Crippen molar-refractivity contribution < 1.29 is 14.6 Å². The molecule has 3 nitrogen and oxygen atoms in total. The van der Waals surface area contributed by atoms with Gasteiger partial charge in [-0.2, -0.15) is 0 Å². The van der Waals surface area contributed by atoms with Gasteiger partial charge in [-0.3, -0.25) is 4.79 Å². The largest absolute Gasteiger partial charge is 0.466 e. The fourth-order valence-electron chi connectivity index (χ4n) is 2.02. The molecule has 3 heteroatoms. The van der Waals surface area contributed by atoms with Crippen LogP contribution in [0.1, 0.15) is 33.1 Å². The molecule has 1 aliphatic rings. The minimum Gasteiger partial charge on any atom is -0.466 e. The van der Waals surface area contributed by atoms with Gasteiger partial charge in [0.25, 0.3) is 0 Å². The Morgan fingerprint density at radius 2 is 2.23 bits per heavy atom. The summed E-state index contributed by atoms with van der Waals surface area (Å²) in [5.41, 5.74) is 0. The molecule has 0 aromatic heterocycles. The molecular weight excluding hydrogens is 168 g/mol. The van der Waals surface area contributed by atoms with Crippen LogP contribution in [0, 0.1) is 11.8 Å². The van der Waals surface area contributed by atoms with Gasteiger partial charge in [-0.25, -0.2) is 0 Å². The zero-order valence-corrected chi connectivity index (χ0v) is 8.32. The summed E-state index contributed by atoms with van der Waals surface area (Å²) in [4.78, 5) is 11.4. The average Bonchev–Trinajstić information content (AvgIpc) is 2.04. The van der Waals surface area contributed by atoms with Crippen molar-refractivity contribution >= 4 is 5.97 Å². The lowest BCUT2D eigenvalue weighted by molar-refractivity contribution is -0.156. The van der Waals surface area contributed by atoms with Crippen LogP contribution in [-0.2, 0) is 9.53 Å². The van der Waals surface area contributed by atoms with Crippen molar-refractivity contribution in [3.05, 3.63) is 0 Å². The molecule has 0 amide bonds. The highest BCUT2D eigenvalue weighted by atomic mass is 16.5. The van der Waals surface area contributed by atoms with Gasteiger partial charge in [0, 0.05) is 0 Å². The van der Waals surface area contributed by atoms with Crippen molar-refractivity contribution in [1.82, 2.24) is 0 Å². The molecule has 13 heavy (non-hydrogen) atoms. The number of carbonyl (C=O) groups excluding carboxylic acids is 1. The summed E-state index contributed by atoms with van der Waals surface area (Å²) >= 11 is 0. The van der Waals surface area contributed by atoms with Crippen LogP contribution in [-0.4, -0.2) is 23.8 Å². The molecule has 0 aromatic rings. The van der Waals surface area contributed by atoms with Gasteiger partial charge in [0.15, 0.2) is 0 Å². The first-order valence-corrected chi connectivity index (χ1v) is 5.01. The third-order valence-corrected chi connectivity index (χ3v) is 2.75. The van der Waals surface area contributed by atoms with Crippen LogP contribution in [0.25, 0.3) is 0 Å². The summed E-state index contributed by atoms with van der Waals surface area (Å²) in [5.74, 6) is -0.279. The monoisotopic (exact) mass is 186 g/mol. The van der Waals surface area contributed by atoms with Gasteiger partial charge in [-0.15, -0.1) is 0 Å².